The van der Waals surface area contributed by atoms with Gasteiger partial charge in [0.2, 0.25) is 0 Å². The zero-order valence-electron chi connectivity index (χ0n) is 12.4. The molecular formula is C15H12ClNO6S. The van der Waals surface area contributed by atoms with Crippen molar-refractivity contribution in [1.82, 2.24) is 0 Å². The van der Waals surface area contributed by atoms with E-state index in [9.17, 15) is 23.3 Å². The number of hydrogen-bond acceptors (Lipinski definition) is 6. The Morgan fingerprint density at radius 1 is 1.21 bits per heavy atom. The maximum Gasteiger partial charge on any atom is 0.338 e. The molecule has 9 heteroatoms. The summed E-state index contributed by atoms with van der Waals surface area (Å²) in [5.74, 6) is -0.727. The lowest BCUT2D eigenvalue weighted by atomic mass is 10.2. The highest BCUT2D eigenvalue weighted by Gasteiger charge is 2.16. The summed E-state index contributed by atoms with van der Waals surface area (Å²) in [6.45, 7) is -0.104. The van der Waals surface area contributed by atoms with Crippen LogP contribution < -0.4 is 0 Å². The number of hydrogen-bond donors (Lipinski definition) is 0. The van der Waals surface area contributed by atoms with Crippen LogP contribution in [0.5, 0.6) is 0 Å². The van der Waals surface area contributed by atoms with Crippen molar-refractivity contribution in [2.75, 3.05) is 6.26 Å². The van der Waals surface area contributed by atoms with E-state index < -0.39 is 20.7 Å². The van der Waals surface area contributed by atoms with Crippen LogP contribution in [0.25, 0.3) is 0 Å². The Balaban J connectivity index is 2.11. The van der Waals surface area contributed by atoms with Crippen molar-refractivity contribution in [1.29, 1.82) is 0 Å². The minimum atomic E-state index is -3.57. The molecule has 0 N–H and O–H groups in total. The van der Waals surface area contributed by atoms with E-state index >= 15 is 0 Å². The zero-order valence-corrected chi connectivity index (χ0v) is 14.0. The number of benzene rings is 2. The van der Waals surface area contributed by atoms with Crippen molar-refractivity contribution in [2.45, 2.75) is 11.5 Å². The normalized spacial score (nSPS) is 11.1. The Morgan fingerprint density at radius 3 is 2.38 bits per heavy atom. The third-order valence-electron chi connectivity index (χ3n) is 3.08. The first-order valence-electron chi connectivity index (χ1n) is 6.58. The highest BCUT2D eigenvalue weighted by Crippen LogP contribution is 2.23. The van der Waals surface area contributed by atoms with E-state index in [0.717, 1.165) is 12.3 Å². The van der Waals surface area contributed by atoms with Gasteiger partial charge in [-0.15, -0.1) is 0 Å². The van der Waals surface area contributed by atoms with Crippen LogP contribution in [0.15, 0.2) is 47.4 Å². The summed E-state index contributed by atoms with van der Waals surface area (Å²) in [4.78, 5) is 21.9. The number of ether oxygens (including phenoxy) is 1. The molecule has 0 aliphatic carbocycles. The van der Waals surface area contributed by atoms with Gasteiger partial charge in [-0.25, -0.2) is 13.2 Å². The Hall–Kier alpha value is -2.45. The number of esters is 1. The second-order valence-corrected chi connectivity index (χ2v) is 7.31. The average Bonchev–Trinajstić information content (AvgIpc) is 2.52. The molecule has 0 heterocycles. The van der Waals surface area contributed by atoms with Crippen molar-refractivity contribution in [3.05, 3.63) is 68.7 Å². The van der Waals surface area contributed by atoms with Gasteiger partial charge in [-0.2, -0.15) is 0 Å². The van der Waals surface area contributed by atoms with Crippen LogP contribution in [0.3, 0.4) is 0 Å². The van der Waals surface area contributed by atoms with Gasteiger partial charge in [0, 0.05) is 18.4 Å². The van der Waals surface area contributed by atoms with Gasteiger partial charge in [0.15, 0.2) is 9.84 Å². The molecule has 0 amide bonds. The second kappa shape index (κ2) is 6.98. The fourth-order valence-corrected chi connectivity index (χ4v) is 3.16. The quantitative estimate of drug-likeness (QED) is 0.456. The summed E-state index contributed by atoms with van der Waals surface area (Å²) >= 11 is 5.81. The lowest BCUT2D eigenvalue weighted by Crippen LogP contribution is -2.07. The zero-order chi connectivity index (χ0) is 17.9. The van der Waals surface area contributed by atoms with Crippen molar-refractivity contribution >= 4 is 33.1 Å². The second-order valence-electron chi connectivity index (χ2n) is 4.92. The third-order valence-corrected chi connectivity index (χ3v) is 4.66. The fourth-order valence-electron chi connectivity index (χ4n) is 1.86. The molecule has 0 radical (unpaired) electrons. The summed E-state index contributed by atoms with van der Waals surface area (Å²) in [5.41, 5.74) is 0.536. The fraction of sp³-hybridized carbons (Fsp3) is 0.133. The third kappa shape index (κ3) is 4.30. The molecule has 2 aromatic carbocycles. The van der Waals surface area contributed by atoms with Gasteiger partial charge in [-0.1, -0.05) is 11.6 Å². The number of non-ortho nitro benzene ring substituents is 1. The highest BCUT2D eigenvalue weighted by molar-refractivity contribution is 7.90. The minimum absolute atomic E-state index is 0.0180. The Bertz CT molecular complexity index is 893. The maximum absolute atomic E-state index is 12.0. The molecule has 7 nitrogen and oxygen atoms in total. The van der Waals surface area contributed by atoms with E-state index in [0.29, 0.717) is 5.56 Å². The Labute approximate surface area is 142 Å². The molecule has 126 valence electrons. The molecule has 2 rings (SSSR count). The number of nitro groups is 1. The van der Waals surface area contributed by atoms with Crippen LogP contribution in [-0.4, -0.2) is 25.6 Å². The van der Waals surface area contributed by atoms with Gasteiger partial charge < -0.3 is 4.74 Å². The number of rotatable bonds is 5. The average molecular weight is 370 g/mol. The van der Waals surface area contributed by atoms with Crippen LogP contribution in [0.4, 0.5) is 5.69 Å². The molecule has 24 heavy (non-hydrogen) atoms. The van der Waals surface area contributed by atoms with E-state index in [1.807, 2.05) is 0 Å². The molecule has 0 aliphatic rings. The van der Waals surface area contributed by atoms with Crippen LogP contribution in [0.1, 0.15) is 15.9 Å². The molecule has 0 atom stereocenters. The molecule has 0 saturated carbocycles. The molecular weight excluding hydrogens is 358 g/mol. The van der Waals surface area contributed by atoms with Gasteiger partial charge >= 0.3 is 5.97 Å². The van der Waals surface area contributed by atoms with Gasteiger partial charge in [-0.05, 0) is 35.9 Å². The van der Waals surface area contributed by atoms with E-state index in [-0.39, 0.29) is 27.8 Å². The molecule has 0 spiro atoms. The molecule has 0 saturated heterocycles. The molecule has 0 aliphatic heterocycles. The standard InChI is InChI=1S/C15H12ClNO6S/c1-24(21,22)14-8-11(4-7-13(14)16)15(18)23-9-10-2-5-12(6-3-10)17(19)20/h2-8H,9H2,1H3. The van der Waals surface area contributed by atoms with Gasteiger partial charge in [0.05, 0.1) is 20.4 Å². The van der Waals surface area contributed by atoms with E-state index in [2.05, 4.69) is 0 Å². The minimum Gasteiger partial charge on any atom is -0.457 e. The first kappa shape index (κ1) is 17.9. The maximum atomic E-state index is 12.0. The molecule has 0 fully saturated rings. The van der Waals surface area contributed by atoms with E-state index in [1.54, 1.807) is 0 Å². The van der Waals surface area contributed by atoms with E-state index in [4.69, 9.17) is 16.3 Å². The lowest BCUT2D eigenvalue weighted by molar-refractivity contribution is -0.384. The highest BCUT2D eigenvalue weighted by atomic mass is 35.5. The molecule has 0 unspecified atom stereocenters. The van der Waals surface area contributed by atoms with Crippen molar-refractivity contribution < 1.29 is 22.9 Å². The summed E-state index contributed by atoms with van der Waals surface area (Å²) in [6, 6.07) is 9.34. The first-order chi connectivity index (χ1) is 11.2. The summed E-state index contributed by atoms with van der Waals surface area (Å²) in [7, 11) is -3.57. The van der Waals surface area contributed by atoms with Gasteiger partial charge in [0.1, 0.15) is 6.61 Å². The lowest BCUT2D eigenvalue weighted by Gasteiger charge is -2.07. The number of nitro benzene ring substituents is 1. The van der Waals surface area contributed by atoms with Crippen molar-refractivity contribution in [3.8, 4) is 0 Å². The Morgan fingerprint density at radius 2 is 1.83 bits per heavy atom. The topological polar surface area (TPSA) is 104 Å². The summed E-state index contributed by atoms with van der Waals surface area (Å²) in [6.07, 6.45) is 0.986. The number of halogens is 1. The smallest absolute Gasteiger partial charge is 0.338 e. The molecule has 0 bridgehead atoms. The monoisotopic (exact) mass is 369 g/mol. The summed E-state index contributed by atoms with van der Waals surface area (Å²) in [5, 5.41) is 10.6. The van der Waals surface area contributed by atoms with Crippen LogP contribution in [0.2, 0.25) is 5.02 Å². The predicted octanol–water partition coefficient (Wildman–Crippen LogP) is 3.01. The first-order valence-corrected chi connectivity index (χ1v) is 8.85. The van der Waals surface area contributed by atoms with Gasteiger partial charge in [0.25, 0.3) is 5.69 Å². The summed E-state index contributed by atoms with van der Waals surface area (Å²) < 4.78 is 28.3. The molecule has 0 aromatic heterocycles. The number of sulfone groups is 1. The van der Waals surface area contributed by atoms with Crippen LogP contribution in [-0.2, 0) is 21.2 Å². The number of nitrogens with zero attached hydrogens (tertiary/aromatic N) is 1. The Kier molecular flexibility index (Phi) is 5.20. The van der Waals surface area contributed by atoms with Crippen LogP contribution >= 0.6 is 11.6 Å². The number of carbonyl (C=O) groups is 1. The SMILES string of the molecule is CS(=O)(=O)c1cc(C(=O)OCc2ccc([N+](=O)[O-])cc2)ccc1Cl. The van der Waals surface area contributed by atoms with Crippen molar-refractivity contribution in [3.63, 3.8) is 0 Å². The largest absolute Gasteiger partial charge is 0.457 e. The van der Waals surface area contributed by atoms with Crippen molar-refractivity contribution in [2.24, 2.45) is 0 Å². The molecule has 2 aromatic rings. The predicted molar refractivity (Wildman–Crippen MR) is 86.8 cm³/mol. The van der Waals surface area contributed by atoms with E-state index in [1.165, 1.54) is 36.4 Å². The van der Waals surface area contributed by atoms with Crippen LogP contribution in [0, 0.1) is 10.1 Å². The van der Waals surface area contributed by atoms with Gasteiger partial charge in [-0.3, -0.25) is 10.1 Å². The number of carbonyl (C=O) groups excluding carboxylic acids is 1.